The maximum atomic E-state index is 10.8. The normalized spacial score (nSPS) is 31.5. The van der Waals surface area contributed by atoms with E-state index in [4.69, 9.17) is 19.3 Å². The van der Waals surface area contributed by atoms with Crippen LogP contribution in [0.4, 0.5) is 0 Å². The maximum absolute atomic E-state index is 10.8. The predicted molar refractivity (Wildman–Crippen MR) is 77.3 cm³/mol. The van der Waals surface area contributed by atoms with Crippen LogP contribution in [0.5, 0.6) is 0 Å². The average molecular weight is 307 g/mol. The zero-order valence-corrected chi connectivity index (χ0v) is 12.9. The standard InChI is InChI=1S/C11H23BNO6P/c1-13(2)5-3-6-18-10-9(14)8(19-11(10)12)4-7-20(15,16)17/h4,7-11,14H,3,5-6,12H2,1-2H3,(H2,15,16,17)/b7-4+/t8-,9+,10?,11-/m1/s1. The summed E-state index contributed by atoms with van der Waals surface area (Å²) >= 11 is 0. The first-order valence-electron chi connectivity index (χ1n) is 6.55. The van der Waals surface area contributed by atoms with E-state index in [-0.39, 0.29) is 6.00 Å². The van der Waals surface area contributed by atoms with Gasteiger partial charge in [0, 0.05) is 12.4 Å². The van der Waals surface area contributed by atoms with Crippen LogP contribution in [0.1, 0.15) is 6.42 Å². The molecule has 1 aliphatic rings. The van der Waals surface area contributed by atoms with Gasteiger partial charge in [-0.15, -0.1) is 0 Å². The number of aliphatic hydroxyl groups is 1. The van der Waals surface area contributed by atoms with Crippen molar-refractivity contribution in [1.82, 2.24) is 4.90 Å². The highest BCUT2D eigenvalue weighted by Gasteiger charge is 2.40. The Bertz CT molecular complexity index is 374. The first-order valence-corrected chi connectivity index (χ1v) is 8.23. The minimum Gasteiger partial charge on any atom is -0.387 e. The summed E-state index contributed by atoms with van der Waals surface area (Å²) in [6.07, 6.45) is -0.121. The maximum Gasteiger partial charge on any atom is 0.348 e. The highest BCUT2D eigenvalue weighted by atomic mass is 31.2. The number of nitrogens with zero attached hydrogens (tertiary/aromatic N) is 1. The summed E-state index contributed by atoms with van der Waals surface area (Å²) in [5.41, 5.74) is 0. The van der Waals surface area contributed by atoms with Crippen molar-refractivity contribution in [3.8, 4) is 0 Å². The monoisotopic (exact) mass is 307 g/mol. The van der Waals surface area contributed by atoms with Crippen LogP contribution in [0.25, 0.3) is 0 Å². The van der Waals surface area contributed by atoms with E-state index in [1.165, 1.54) is 6.08 Å². The molecule has 0 bridgehead atoms. The summed E-state index contributed by atoms with van der Waals surface area (Å²) in [6, 6.07) is -0.323. The molecular weight excluding hydrogens is 284 g/mol. The largest absolute Gasteiger partial charge is 0.387 e. The number of rotatable bonds is 7. The van der Waals surface area contributed by atoms with Crippen molar-refractivity contribution in [2.45, 2.75) is 30.7 Å². The molecule has 1 rings (SSSR count). The van der Waals surface area contributed by atoms with Gasteiger partial charge < -0.3 is 29.3 Å². The Labute approximate surface area is 120 Å². The Morgan fingerprint density at radius 2 is 2.10 bits per heavy atom. The van der Waals surface area contributed by atoms with E-state index in [9.17, 15) is 9.67 Å². The minimum absolute atomic E-state index is 0.323. The van der Waals surface area contributed by atoms with E-state index in [2.05, 4.69) is 0 Å². The molecule has 9 heteroatoms. The Kier molecular flexibility index (Phi) is 6.87. The summed E-state index contributed by atoms with van der Waals surface area (Å²) in [4.78, 5) is 19.6. The van der Waals surface area contributed by atoms with Crippen LogP contribution in [0.15, 0.2) is 11.9 Å². The van der Waals surface area contributed by atoms with Crippen LogP contribution >= 0.6 is 7.60 Å². The van der Waals surface area contributed by atoms with Gasteiger partial charge >= 0.3 is 7.60 Å². The van der Waals surface area contributed by atoms with E-state index in [0.717, 1.165) is 18.8 Å². The van der Waals surface area contributed by atoms with Gasteiger partial charge in [-0.1, -0.05) is 0 Å². The Balaban J connectivity index is 2.46. The van der Waals surface area contributed by atoms with Crippen LogP contribution < -0.4 is 0 Å². The molecule has 1 heterocycles. The summed E-state index contributed by atoms with van der Waals surface area (Å²) in [7, 11) is 1.47. The highest BCUT2D eigenvalue weighted by Crippen LogP contribution is 2.37. The van der Waals surface area contributed by atoms with Gasteiger partial charge in [0.25, 0.3) is 0 Å². The van der Waals surface area contributed by atoms with Crippen molar-refractivity contribution >= 4 is 15.4 Å². The third kappa shape index (κ3) is 6.05. The lowest BCUT2D eigenvalue weighted by Crippen LogP contribution is -2.35. The van der Waals surface area contributed by atoms with E-state index < -0.39 is 25.9 Å². The molecule has 0 aromatic carbocycles. The zero-order chi connectivity index (χ0) is 15.3. The molecule has 1 aliphatic heterocycles. The first kappa shape index (κ1) is 17.8. The third-order valence-electron chi connectivity index (χ3n) is 3.04. The van der Waals surface area contributed by atoms with Crippen LogP contribution in [-0.2, 0) is 14.0 Å². The fourth-order valence-electron chi connectivity index (χ4n) is 2.06. The number of aliphatic hydroxyl groups excluding tert-OH is 1. The van der Waals surface area contributed by atoms with E-state index >= 15 is 0 Å². The van der Waals surface area contributed by atoms with Crippen LogP contribution in [0, 0.1) is 0 Å². The van der Waals surface area contributed by atoms with Crippen molar-refractivity contribution in [2.24, 2.45) is 0 Å². The van der Waals surface area contributed by atoms with Gasteiger partial charge in [-0.3, -0.25) is 4.57 Å². The molecule has 3 N–H and O–H groups in total. The van der Waals surface area contributed by atoms with Gasteiger partial charge in [0.15, 0.2) is 0 Å². The molecule has 1 unspecified atom stereocenters. The minimum atomic E-state index is -4.24. The predicted octanol–water partition coefficient (Wildman–Crippen LogP) is -1.27. The quantitative estimate of drug-likeness (QED) is 0.306. The second-order valence-corrected chi connectivity index (χ2v) is 6.70. The van der Waals surface area contributed by atoms with Crippen molar-refractivity contribution in [3.05, 3.63) is 11.9 Å². The lowest BCUT2D eigenvalue weighted by Gasteiger charge is -2.19. The lowest BCUT2D eigenvalue weighted by atomic mass is 9.93. The highest BCUT2D eigenvalue weighted by molar-refractivity contribution is 7.55. The lowest BCUT2D eigenvalue weighted by molar-refractivity contribution is -0.0214. The Hall–Kier alpha value is -0.205. The molecule has 4 atom stereocenters. The summed E-state index contributed by atoms with van der Waals surface area (Å²) in [5.74, 6) is 0.752. The summed E-state index contributed by atoms with van der Waals surface area (Å²) in [5, 5.41) is 10.1. The topological polar surface area (TPSA) is 99.5 Å². The fraction of sp³-hybridized carbons (Fsp3) is 0.818. The number of hydrogen-bond donors (Lipinski definition) is 3. The second kappa shape index (κ2) is 7.70. The smallest absolute Gasteiger partial charge is 0.348 e. The molecule has 0 aliphatic carbocycles. The van der Waals surface area contributed by atoms with Crippen molar-refractivity contribution < 1.29 is 28.9 Å². The van der Waals surface area contributed by atoms with Gasteiger partial charge in [0.2, 0.25) is 0 Å². The van der Waals surface area contributed by atoms with Gasteiger partial charge in [0.05, 0.1) is 6.00 Å². The molecule has 116 valence electrons. The molecule has 7 nitrogen and oxygen atoms in total. The van der Waals surface area contributed by atoms with Crippen molar-refractivity contribution in [1.29, 1.82) is 0 Å². The third-order valence-corrected chi connectivity index (χ3v) is 3.60. The van der Waals surface area contributed by atoms with Crippen LogP contribution in [0.2, 0.25) is 0 Å². The second-order valence-electron chi connectivity index (χ2n) is 5.22. The molecule has 0 aromatic heterocycles. The summed E-state index contributed by atoms with van der Waals surface area (Å²) < 4.78 is 21.8. The molecule has 1 fully saturated rings. The van der Waals surface area contributed by atoms with Crippen LogP contribution in [-0.4, -0.2) is 79.2 Å². The van der Waals surface area contributed by atoms with Crippen molar-refractivity contribution in [2.75, 3.05) is 27.2 Å². The Morgan fingerprint density at radius 3 is 2.65 bits per heavy atom. The van der Waals surface area contributed by atoms with Gasteiger partial charge in [-0.05, 0) is 33.1 Å². The van der Waals surface area contributed by atoms with E-state index in [1.54, 1.807) is 7.85 Å². The van der Waals surface area contributed by atoms with Crippen LogP contribution in [0.3, 0.4) is 0 Å². The molecule has 20 heavy (non-hydrogen) atoms. The molecule has 0 saturated carbocycles. The molecule has 0 amide bonds. The summed E-state index contributed by atoms with van der Waals surface area (Å²) in [6.45, 7) is 1.39. The van der Waals surface area contributed by atoms with Gasteiger partial charge in [-0.25, -0.2) is 0 Å². The molecule has 0 radical (unpaired) electrons. The Morgan fingerprint density at radius 1 is 1.45 bits per heavy atom. The molecule has 0 spiro atoms. The van der Waals surface area contributed by atoms with Gasteiger partial charge in [0.1, 0.15) is 26.2 Å². The zero-order valence-electron chi connectivity index (χ0n) is 12.0. The fourth-order valence-corrected chi connectivity index (χ4v) is 2.45. The SMILES string of the molecule is B[C@@H]1O[C@H](/C=C/P(=O)(O)O)[C@H](O)C1OCCCN(C)C. The van der Waals surface area contributed by atoms with Crippen molar-refractivity contribution in [3.63, 3.8) is 0 Å². The van der Waals surface area contributed by atoms with E-state index in [0.29, 0.717) is 6.61 Å². The number of hydrogen-bond acceptors (Lipinski definition) is 5. The van der Waals surface area contributed by atoms with Gasteiger partial charge in [-0.2, -0.15) is 0 Å². The average Bonchev–Trinajstić information content (AvgIpc) is 2.57. The molecule has 0 aromatic rings. The number of ether oxygens (including phenoxy) is 2. The first-order chi connectivity index (χ1) is 9.20. The van der Waals surface area contributed by atoms with E-state index in [1.807, 2.05) is 19.0 Å². The molecule has 1 saturated heterocycles. The molecular formula is C11H23BNO6P.